The summed E-state index contributed by atoms with van der Waals surface area (Å²) in [7, 11) is 0. The van der Waals surface area contributed by atoms with E-state index >= 15 is 0 Å². The average molecular weight is 459 g/mol. The molecule has 0 atom stereocenters. The SMILES string of the molecule is Cc1ccc(-c2cccc3[nH]c(C(=O)NC4CCN(CCN5CCCCCC5)CC4)cc23)cc1. The van der Waals surface area contributed by atoms with Gasteiger partial charge in [-0.3, -0.25) is 4.79 Å². The predicted molar refractivity (Wildman–Crippen MR) is 140 cm³/mol. The first-order valence-corrected chi connectivity index (χ1v) is 13.1. The summed E-state index contributed by atoms with van der Waals surface area (Å²) in [6.45, 7) is 9.13. The Kier molecular flexibility index (Phi) is 7.31. The summed E-state index contributed by atoms with van der Waals surface area (Å²) in [5.41, 5.74) is 5.24. The number of hydrogen-bond donors (Lipinski definition) is 2. The fourth-order valence-electron chi connectivity index (χ4n) is 5.47. The summed E-state index contributed by atoms with van der Waals surface area (Å²) >= 11 is 0. The first-order chi connectivity index (χ1) is 16.7. The summed E-state index contributed by atoms with van der Waals surface area (Å²) < 4.78 is 0. The largest absolute Gasteiger partial charge is 0.351 e. The van der Waals surface area contributed by atoms with Gasteiger partial charge in [0.25, 0.3) is 5.91 Å². The number of carbonyl (C=O) groups is 1. The van der Waals surface area contributed by atoms with E-state index in [4.69, 9.17) is 0 Å². The monoisotopic (exact) mass is 458 g/mol. The standard InChI is InChI=1S/C29H38N4O/c1-22-9-11-23(12-10-22)25-7-6-8-27-26(25)21-28(31-27)29(34)30-24-13-17-33(18-14-24)20-19-32-15-4-2-3-5-16-32/h6-12,21,24,31H,2-5,13-20H2,1H3,(H,30,34). The maximum Gasteiger partial charge on any atom is 0.267 e. The first kappa shape index (κ1) is 23.1. The second-order valence-electron chi connectivity index (χ2n) is 10.2. The maximum atomic E-state index is 13.1. The van der Waals surface area contributed by atoms with Crippen LogP contribution < -0.4 is 5.32 Å². The molecule has 3 aromatic rings. The molecule has 180 valence electrons. The zero-order valence-electron chi connectivity index (χ0n) is 20.5. The maximum absolute atomic E-state index is 13.1. The van der Waals surface area contributed by atoms with Crippen molar-refractivity contribution in [3.63, 3.8) is 0 Å². The van der Waals surface area contributed by atoms with Crippen molar-refractivity contribution in [2.45, 2.75) is 51.5 Å². The number of hydrogen-bond acceptors (Lipinski definition) is 3. The third-order valence-corrected chi connectivity index (χ3v) is 7.63. The Labute approximate surface area is 203 Å². The highest BCUT2D eigenvalue weighted by atomic mass is 16.1. The van der Waals surface area contributed by atoms with E-state index in [0.29, 0.717) is 5.69 Å². The van der Waals surface area contributed by atoms with E-state index in [2.05, 4.69) is 63.4 Å². The van der Waals surface area contributed by atoms with Crippen molar-refractivity contribution in [3.8, 4) is 11.1 Å². The molecule has 2 fully saturated rings. The molecule has 34 heavy (non-hydrogen) atoms. The molecule has 5 rings (SSSR count). The number of carbonyl (C=O) groups excluding carboxylic acids is 1. The quantitative estimate of drug-likeness (QED) is 0.533. The highest BCUT2D eigenvalue weighted by molar-refractivity contribution is 6.03. The Morgan fingerprint density at radius 3 is 2.29 bits per heavy atom. The molecular formula is C29H38N4O. The van der Waals surface area contributed by atoms with Crippen molar-refractivity contribution in [1.29, 1.82) is 0 Å². The fourth-order valence-corrected chi connectivity index (χ4v) is 5.47. The zero-order valence-corrected chi connectivity index (χ0v) is 20.5. The van der Waals surface area contributed by atoms with E-state index in [9.17, 15) is 4.79 Å². The molecule has 0 saturated carbocycles. The third-order valence-electron chi connectivity index (χ3n) is 7.63. The van der Waals surface area contributed by atoms with E-state index in [1.807, 2.05) is 12.1 Å². The van der Waals surface area contributed by atoms with E-state index in [-0.39, 0.29) is 11.9 Å². The smallest absolute Gasteiger partial charge is 0.267 e. The molecule has 2 aliphatic rings. The minimum Gasteiger partial charge on any atom is -0.351 e. The van der Waals surface area contributed by atoms with Crippen LogP contribution in [0.4, 0.5) is 0 Å². The van der Waals surface area contributed by atoms with Crippen LogP contribution in [-0.4, -0.2) is 66.0 Å². The van der Waals surface area contributed by atoms with Gasteiger partial charge in [-0.15, -0.1) is 0 Å². The van der Waals surface area contributed by atoms with Crippen molar-refractivity contribution in [3.05, 3.63) is 59.8 Å². The van der Waals surface area contributed by atoms with Crippen molar-refractivity contribution in [2.24, 2.45) is 0 Å². The Bertz CT molecular complexity index is 1090. The number of piperidine rings is 1. The molecule has 0 unspecified atom stereocenters. The van der Waals surface area contributed by atoms with E-state index in [1.165, 1.54) is 56.4 Å². The van der Waals surface area contributed by atoms with Gasteiger partial charge in [0, 0.05) is 43.1 Å². The number of benzene rings is 2. The summed E-state index contributed by atoms with van der Waals surface area (Å²) in [5.74, 6) is 0.00840. The molecule has 5 nitrogen and oxygen atoms in total. The van der Waals surface area contributed by atoms with Gasteiger partial charge in [0.05, 0.1) is 0 Å². The minimum atomic E-state index is 0.00840. The number of aromatic amines is 1. The van der Waals surface area contributed by atoms with Crippen LogP contribution in [0.25, 0.3) is 22.0 Å². The summed E-state index contributed by atoms with van der Waals surface area (Å²) in [5, 5.41) is 4.39. The van der Waals surface area contributed by atoms with Gasteiger partial charge in [-0.05, 0) is 69.0 Å². The number of fused-ring (bicyclic) bond motifs is 1. The van der Waals surface area contributed by atoms with Crippen LogP contribution >= 0.6 is 0 Å². The molecule has 2 saturated heterocycles. The molecule has 0 spiro atoms. The van der Waals surface area contributed by atoms with Crippen LogP contribution in [0.2, 0.25) is 0 Å². The van der Waals surface area contributed by atoms with Crippen molar-refractivity contribution in [2.75, 3.05) is 39.3 Å². The van der Waals surface area contributed by atoms with E-state index in [1.54, 1.807) is 0 Å². The lowest BCUT2D eigenvalue weighted by atomic mass is 10.0. The number of amides is 1. The number of nitrogens with zero attached hydrogens (tertiary/aromatic N) is 2. The van der Waals surface area contributed by atoms with Crippen LogP contribution in [0.15, 0.2) is 48.5 Å². The van der Waals surface area contributed by atoms with Crippen molar-refractivity contribution in [1.82, 2.24) is 20.1 Å². The van der Waals surface area contributed by atoms with Gasteiger partial charge in [0.15, 0.2) is 0 Å². The van der Waals surface area contributed by atoms with Crippen LogP contribution in [-0.2, 0) is 0 Å². The fraction of sp³-hybridized carbons (Fsp3) is 0.483. The van der Waals surface area contributed by atoms with Crippen LogP contribution in [0, 0.1) is 6.92 Å². The topological polar surface area (TPSA) is 51.4 Å². The molecular weight excluding hydrogens is 420 g/mol. The Balaban J connectivity index is 1.16. The average Bonchev–Trinajstić information content (AvgIpc) is 3.13. The van der Waals surface area contributed by atoms with Gasteiger partial charge >= 0.3 is 0 Å². The number of aromatic nitrogens is 1. The summed E-state index contributed by atoms with van der Waals surface area (Å²) in [6, 6.07) is 17.1. The number of rotatable bonds is 6. The first-order valence-electron chi connectivity index (χ1n) is 13.1. The third kappa shape index (κ3) is 5.53. The Hall–Kier alpha value is -2.63. The van der Waals surface area contributed by atoms with Gasteiger partial charge in [-0.2, -0.15) is 0 Å². The number of aryl methyl sites for hydroxylation is 1. The molecule has 2 N–H and O–H groups in total. The van der Waals surface area contributed by atoms with Gasteiger partial charge in [-0.25, -0.2) is 0 Å². The molecule has 2 aliphatic heterocycles. The lowest BCUT2D eigenvalue weighted by Gasteiger charge is -2.33. The van der Waals surface area contributed by atoms with Gasteiger partial charge in [0.1, 0.15) is 5.69 Å². The molecule has 3 heterocycles. The molecule has 0 bridgehead atoms. The summed E-state index contributed by atoms with van der Waals surface area (Å²) in [6.07, 6.45) is 7.56. The number of H-pyrrole nitrogens is 1. The Morgan fingerprint density at radius 1 is 0.912 bits per heavy atom. The second kappa shape index (κ2) is 10.7. The van der Waals surface area contributed by atoms with E-state index < -0.39 is 0 Å². The Morgan fingerprint density at radius 2 is 1.59 bits per heavy atom. The van der Waals surface area contributed by atoms with Crippen molar-refractivity contribution < 1.29 is 4.79 Å². The summed E-state index contributed by atoms with van der Waals surface area (Å²) in [4.78, 5) is 21.6. The highest BCUT2D eigenvalue weighted by Gasteiger charge is 2.22. The van der Waals surface area contributed by atoms with Gasteiger partial charge < -0.3 is 20.1 Å². The minimum absolute atomic E-state index is 0.00840. The number of likely N-dealkylation sites (tertiary alicyclic amines) is 2. The molecule has 0 radical (unpaired) electrons. The molecule has 5 heteroatoms. The van der Waals surface area contributed by atoms with Gasteiger partial charge in [0.2, 0.25) is 0 Å². The molecule has 1 amide bonds. The molecule has 0 aliphatic carbocycles. The number of nitrogens with one attached hydrogen (secondary N) is 2. The predicted octanol–water partition coefficient (Wildman–Crippen LogP) is 5.21. The van der Waals surface area contributed by atoms with Crippen LogP contribution in [0.3, 0.4) is 0 Å². The van der Waals surface area contributed by atoms with Crippen molar-refractivity contribution >= 4 is 16.8 Å². The highest BCUT2D eigenvalue weighted by Crippen LogP contribution is 2.29. The second-order valence-corrected chi connectivity index (χ2v) is 10.2. The van der Waals surface area contributed by atoms with E-state index in [0.717, 1.165) is 48.9 Å². The molecule has 1 aromatic heterocycles. The zero-order chi connectivity index (χ0) is 23.3. The lowest BCUT2D eigenvalue weighted by Crippen LogP contribution is -2.46. The van der Waals surface area contributed by atoms with Crippen LogP contribution in [0.1, 0.15) is 54.6 Å². The van der Waals surface area contributed by atoms with Crippen LogP contribution in [0.5, 0.6) is 0 Å². The normalized spacial score (nSPS) is 18.7. The molecule has 2 aromatic carbocycles. The lowest BCUT2D eigenvalue weighted by molar-refractivity contribution is 0.0902. The van der Waals surface area contributed by atoms with Gasteiger partial charge in [-0.1, -0.05) is 54.8 Å².